The molecule has 0 aliphatic carbocycles. The molecule has 1 aliphatic heterocycles. The zero-order chi connectivity index (χ0) is 14.0. The van der Waals surface area contributed by atoms with Crippen molar-refractivity contribution in [2.45, 2.75) is 18.9 Å². The fourth-order valence-corrected chi connectivity index (χ4v) is 2.64. The average Bonchev–Trinajstić information content (AvgIpc) is 2.38. The van der Waals surface area contributed by atoms with E-state index in [-0.39, 0.29) is 0 Å². The van der Waals surface area contributed by atoms with E-state index in [0.717, 1.165) is 31.6 Å². The Morgan fingerprint density at radius 2 is 2.00 bits per heavy atom. The van der Waals surface area contributed by atoms with Crippen molar-refractivity contribution in [3.8, 4) is 0 Å². The summed E-state index contributed by atoms with van der Waals surface area (Å²) < 4.78 is 0. The van der Waals surface area contributed by atoms with E-state index in [0.29, 0.717) is 17.3 Å². The van der Waals surface area contributed by atoms with Crippen LogP contribution in [-0.2, 0) is 0 Å². The standard InChI is InChI=1S/C14H22N4O/c1-17-7-5-11(6-8-17)18(2)13-4-3-10(15)9-12(13)14(16)19/h3-4,9,11H,5-8,15H2,1-2H3,(H2,16,19). The molecule has 104 valence electrons. The maximum absolute atomic E-state index is 11.5. The maximum atomic E-state index is 11.5. The number of benzene rings is 1. The Morgan fingerprint density at radius 3 is 2.58 bits per heavy atom. The van der Waals surface area contributed by atoms with E-state index < -0.39 is 5.91 Å². The van der Waals surface area contributed by atoms with E-state index in [4.69, 9.17) is 11.5 Å². The number of amides is 1. The number of anilines is 2. The normalized spacial score (nSPS) is 17.4. The molecule has 0 atom stereocenters. The lowest BCUT2D eigenvalue weighted by Crippen LogP contribution is -2.42. The Balaban J connectivity index is 2.23. The van der Waals surface area contributed by atoms with E-state index in [9.17, 15) is 4.79 Å². The quantitative estimate of drug-likeness (QED) is 0.794. The number of carbonyl (C=O) groups excluding carboxylic acids is 1. The third-order valence-electron chi connectivity index (χ3n) is 3.90. The summed E-state index contributed by atoms with van der Waals surface area (Å²) in [7, 11) is 4.15. The first-order valence-electron chi connectivity index (χ1n) is 6.59. The highest BCUT2D eigenvalue weighted by Gasteiger charge is 2.23. The van der Waals surface area contributed by atoms with E-state index in [1.54, 1.807) is 6.07 Å². The third-order valence-corrected chi connectivity index (χ3v) is 3.90. The van der Waals surface area contributed by atoms with Crippen molar-refractivity contribution in [1.29, 1.82) is 0 Å². The Hall–Kier alpha value is -1.75. The molecule has 1 saturated heterocycles. The van der Waals surface area contributed by atoms with Gasteiger partial charge in [-0.3, -0.25) is 4.79 Å². The SMILES string of the molecule is CN1CCC(N(C)c2ccc(N)cc2C(N)=O)CC1. The van der Waals surface area contributed by atoms with Crippen molar-refractivity contribution in [2.24, 2.45) is 5.73 Å². The molecule has 19 heavy (non-hydrogen) atoms. The molecule has 5 heteroatoms. The molecule has 4 N–H and O–H groups in total. The van der Waals surface area contributed by atoms with E-state index in [1.165, 1.54) is 0 Å². The lowest BCUT2D eigenvalue weighted by atomic mass is 10.0. The number of primary amides is 1. The lowest BCUT2D eigenvalue weighted by molar-refractivity contribution is 0.100. The highest BCUT2D eigenvalue weighted by Crippen LogP contribution is 2.26. The highest BCUT2D eigenvalue weighted by atomic mass is 16.1. The molecule has 1 aromatic rings. The van der Waals surface area contributed by atoms with Crippen LogP contribution in [0.25, 0.3) is 0 Å². The smallest absolute Gasteiger partial charge is 0.250 e. The zero-order valence-corrected chi connectivity index (χ0v) is 11.6. The van der Waals surface area contributed by atoms with Crippen molar-refractivity contribution < 1.29 is 4.79 Å². The predicted molar refractivity (Wildman–Crippen MR) is 78.3 cm³/mol. The minimum Gasteiger partial charge on any atom is -0.399 e. The Kier molecular flexibility index (Phi) is 3.95. The van der Waals surface area contributed by atoms with Gasteiger partial charge >= 0.3 is 0 Å². The first kappa shape index (κ1) is 13.7. The highest BCUT2D eigenvalue weighted by molar-refractivity contribution is 5.99. The summed E-state index contributed by atoms with van der Waals surface area (Å²) in [5.74, 6) is -0.429. The Morgan fingerprint density at radius 1 is 1.37 bits per heavy atom. The summed E-state index contributed by atoms with van der Waals surface area (Å²) in [6.07, 6.45) is 2.19. The summed E-state index contributed by atoms with van der Waals surface area (Å²) in [6, 6.07) is 5.79. The van der Waals surface area contributed by atoms with E-state index >= 15 is 0 Å². The fourth-order valence-electron chi connectivity index (χ4n) is 2.64. The number of nitrogens with zero attached hydrogens (tertiary/aromatic N) is 2. The average molecular weight is 262 g/mol. The molecule has 1 heterocycles. The summed E-state index contributed by atoms with van der Waals surface area (Å²) in [5.41, 5.74) is 13.1. The molecule has 0 bridgehead atoms. The summed E-state index contributed by atoms with van der Waals surface area (Å²) in [4.78, 5) is 16.0. The molecule has 1 amide bonds. The third kappa shape index (κ3) is 2.98. The minimum absolute atomic E-state index is 0.429. The van der Waals surface area contributed by atoms with Crippen LogP contribution in [0.4, 0.5) is 11.4 Å². The second-order valence-corrected chi connectivity index (χ2v) is 5.29. The second kappa shape index (κ2) is 5.48. The second-order valence-electron chi connectivity index (χ2n) is 5.29. The first-order valence-corrected chi connectivity index (χ1v) is 6.59. The number of nitrogens with two attached hydrogens (primary N) is 2. The van der Waals surface area contributed by atoms with E-state index in [1.807, 2.05) is 19.2 Å². The minimum atomic E-state index is -0.429. The van der Waals surface area contributed by atoms with Gasteiger partial charge in [-0.2, -0.15) is 0 Å². The number of hydrogen-bond donors (Lipinski definition) is 2. The van der Waals surface area contributed by atoms with Crippen molar-refractivity contribution in [3.63, 3.8) is 0 Å². The monoisotopic (exact) mass is 262 g/mol. The van der Waals surface area contributed by atoms with Crippen molar-refractivity contribution >= 4 is 17.3 Å². The van der Waals surface area contributed by atoms with Gasteiger partial charge in [0.2, 0.25) is 0 Å². The zero-order valence-electron chi connectivity index (χ0n) is 11.6. The number of likely N-dealkylation sites (tertiary alicyclic amines) is 1. The number of hydrogen-bond acceptors (Lipinski definition) is 4. The van der Waals surface area contributed by atoms with E-state index in [2.05, 4.69) is 16.8 Å². The van der Waals surface area contributed by atoms with Crippen LogP contribution in [-0.4, -0.2) is 44.0 Å². The number of nitrogen functional groups attached to an aromatic ring is 1. The van der Waals surface area contributed by atoms with Gasteiger partial charge in [0.05, 0.1) is 5.56 Å². The van der Waals surface area contributed by atoms with Gasteiger partial charge in [-0.1, -0.05) is 0 Å². The molecule has 2 rings (SSSR count). The predicted octanol–water partition coefficient (Wildman–Crippen LogP) is 0.898. The molecule has 0 radical (unpaired) electrons. The van der Waals surface area contributed by atoms with Gasteiger partial charge in [-0.15, -0.1) is 0 Å². The first-order chi connectivity index (χ1) is 8.99. The van der Waals surface area contributed by atoms with Gasteiger partial charge in [0.15, 0.2) is 0 Å². The van der Waals surface area contributed by atoms with Crippen molar-refractivity contribution in [2.75, 3.05) is 37.8 Å². The van der Waals surface area contributed by atoms with Gasteiger partial charge < -0.3 is 21.3 Å². The molecule has 1 fully saturated rings. The molecule has 0 unspecified atom stereocenters. The number of piperidine rings is 1. The van der Waals surface area contributed by atoms with Crippen LogP contribution in [0.5, 0.6) is 0 Å². The van der Waals surface area contributed by atoms with Gasteiger partial charge in [0, 0.05) is 24.5 Å². The molecular formula is C14H22N4O. The summed E-state index contributed by atoms with van der Waals surface area (Å²) in [6.45, 7) is 2.16. The Bertz CT molecular complexity index is 467. The topological polar surface area (TPSA) is 75.6 Å². The van der Waals surface area contributed by atoms with Crippen LogP contribution in [0.1, 0.15) is 23.2 Å². The van der Waals surface area contributed by atoms with Crippen LogP contribution in [0.15, 0.2) is 18.2 Å². The summed E-state index contributed by atoms with van der Waals surface area (Å²) >= 11 is 0. The maximum Gasteiger partial charge on any atom is 0.250 e. The van der Waals surface area contributed by atoms with Crippen LogP contribution >= 0.6 is 0 Å². The van der Waals surface area contributed by atoms with Crippen molar-refractivity contribution in [1.82, 2.24) is 4.90 Å². The summed E-state index contributed by atoms with van der Waals surface area (Å²) in [5, 5.41) is 0. The largest absolute Gasteiger partial charge is 0.399 e. The number of carbonyl (C=O) groups is 1. The molecule has 0 aromatic heterocycles. The Labute approximate surface area is 114 Å². The molecule has 1 aromatic carbocycles. The molecule has 1 aliphatic rings. The van der Waals surface area contributed by atoms with Crippen LogP contribution in [0.2, 0.25) is 0 Å². The van der Waals surface area contributed by atoms with Gasteiger partial charge in [0.1, 0.15) is 0 Å². The van der Waals surface area contributed by atoms with Crippen LogP contribution < -0.4 is 16.4 Å². The molecular weight excluding hydrogens is 240 g/mol. The number of rotatable bonds is 3. The molecule has 0 saturated carbocycles. The van der Waals surface area contributed by atoms with Gasteiger partial charge in [-0.25, -0.2) is 0 Å². The van der Waals surface area contributed by atoms with Crippen molar-refractivity contribution in [3.05, 3.63) is 23.8 Å². The van der Waals surface area contributed by atoms with Crippen LogP contribution in [0.3, 0.4) is 0 Å². The lowest BCUT2D eigenvalue weighted by Gasteiger charge is -2.37. The fraction of sp³-hybridized carbons (Fsp3) is 0.500. The molecule has 0 spiro atoms. The van der Waals surface area contributed by atoms with Gasteiger partial charge in [-0.05, 0) is 51.2 Å². The van der Waals surface area contributed by atoms with Gasteiger partial charge in [0.25, 0.3) is 5.91 Å². The van der Waals surface area contributed by atoms with Crippen LogP contribution in [0, 0.1) is 0 Å². The molecule has 5 nitrogen and oxygen atoms in total.